The van der Waals surface area contributed by atoms with Gasteiger partial charge in [0, 0.05) is 5.56 Å². The molecular formula is C15H11F3O4S. The number of alkyl halides is 3. The molecule has 23 heavy (non-hydrogen) atoms. The number of benzene rings is 2. The highest BCUT2D eigenvalue weighted by Crippen LogP contribution is 2.28. The van der Waals surface area contributed by atoms with Crippen molar-refractivity contribution in [3.05, 3.63) is 54.1 Å². The average molecular weight is 344 g/mol. The molecule has 0 aliphatic rings. The van der Waals surface area contributed by atoms with Gasteiger partial charge in [-0.25, -0.2) is 0 Å². The third kappa shape index (κ3) is 3.89. The number of carbonyl (C=O) groups excluding carboxylic acids is 1. The lowest BCUT2D eigenvalue weighted by Gasteiger charge is -2.10. The van der Waals surface area contributed by atoms with Crippen molar-refractivity contribution in [3.8, 4) is 16.9 Å². The van der Waals surface area contributed by atoms with Crippen LogP contribution in [0.4, 0.5) is 13.2 Å². The van der Waals surface area contributed by atoms with E-state index in [0.717, 1.165) is 12.1 Å². The summed E-state index contributed by atoms with van der Waals surface area (Å²) in [4.78, 5) is 11.3. The van der Waals surface area contributed by atoms with Gasteiger partial charge in [-0.15, -0.1) is 0 Å². The summed E-state index contributed by atoms with van der Waals surface area (Å²) in [7, 11) is -5.69. The van der Waals surface area contributed by atoms with Gasteiger partial charge in [0.15, 0.2) is 5.78 Å². The summed E-state index contributed by atoms with van der Waals surface area (Å²) in [5.41, 5.74) is -3.73. The van der Waals surface area contributed by atoms with Crippen LogP contribution in [0.2, 0.25) is 0 Å². The minimum atomic E-state index is -5.69. The third-order valence-electron chi connectivity index (χ3n) is 2.95. The van der Waals surface area contributed by atoms with Crippen LogP contribution in [0.5, 0.6) is 5.75 Å². The van der Waals surface area contributed by atoms with E-state index in [9.17, 15) is 26.4 Å². The minimum Gasteiger partial charge on any atom is -0.376 e. The summed E-state index contributed by atoms with van der Waals surface area (Å²) >= 11 is 0. The molecule has 0 amide bonds. The van der Waals surface area contributed by atoms with Crippen LogP contribution >= 0.6 is 0 Å². The number of hydrogen-bond donors (Lipinski definition) is 0. The van der Waals surface area contributed by atoms with Gasteiger partial charge in [0.05, 0.1) is 0 Å². The van der Waals surface area contributed by atoms with Gasteiger partial charge in [0.2, 0.25) is 0 Å². The summed E-state index contributed by atoms with van der Waals surface area (Å²) in [5, 5.41) is 0. The van der Waals surface area contributed by atoms with E-state index in [1.807, 2.05) is 0 Å². The first-order valence-electron chi connectivity index (χ1n) is 6.32. The van der Waals surface area contributed by atoms with Gasteiger partial charge in [-0.05, 0) is 36.2 Å². The number of halogens is 3. The van der Waals surface area contributed by atoms with Crippen molar-refractivity contribution in [1.82, 2.24) is 0 Å². The summed E-state index contributed by atoms with van der Waals surface area (Å²) < 4.78 is 62.6. The molecule has 2 aromatic carbocycles. The molecule has 8 heteroatoms. The number of ketones is 1. The first-order valence-corrected chi connectivity index (χ1v) is 7.73. The van der Waals surface area contributed by atoms with E-state index < -0.39 is 21.4 Å². The van der Waals surface area contributed by atoms with Gasteiger partial charge in [-0.1, -0.05) is 30.3 Å². The van der Waals surface area contributed by atoms with Crippen molar-refractivity contribution in [1.29, 1.82) is 0 Å². The number of carbonyl (C=O) groups is 1. The predicted octanol–water partition coefficient (Wildman–Crippen LogP) is 3.78. The number of Topliss-reactive ketones (excluding diaryl/α,β-unsaturated/α-hetero) is 1. The van der Waals surface area contributed by atoms with E-state index >= 15 is 0 Å². The molecule has 4 nitrogen and oxygen atoms in total. The topological polar surface area (TPSA) is 60.4 Å². The molecular weight excluding hydrogens is 333 g/mol. The number of rotatable bonds is 4. The fourth-order valence-electron chi connectivity index (χ4n) is 1.79. The molecule has 2 aromatic rings. The molecule has 0 saturated heterocycles. The van der Waals surface area contributed by atoms with Crippen molar-refractivity contribution in [2.45, 2.75) is 12.4 Å². The minimum absolute atomic E-state index is 0.122. The zero-order chi connectivity index (χ0) is 17.3. The van der Waals surface area contributed by atoms with Crippen molar-refractivity contribution in [3.63, 3.8) is 0 Å². The quantitative estimate of drug-likeness (QED) is 0.481. The maximum atomic E-state index is 12.2. The highest BCUT2D eigenvalue weighted by atomic mass is 32.2. The van der Waals surface area contributed by atoms with E-state index in [-0.39, 0.29) is 5.78 Å². The van der Waals surface area contributed by atoms with Gasteiger partial charge in [-0.2, -0.15) is 21.6 Å². The van der Waals surface area contributed by atoms with E-state index in [0.29, 0.717) is 16.7 Å². The Balaban J connectivity index is 2.27. The van der Waals surface area contributed by atoms with Gasteiger partial charge in [0.1, 0.15) is 5.75 Å². The van der Waals surface area contributed by atoms with Crippen LogP contribution in [0.3, 0.4) is 0 Å². The molecule has 0 bridgehead atoms. The fraction of sp³-hybridized carbons (Fsp3) is 0.133. The first kappa shape index (κ1) is 17.0. The van der Waals surface area contributed by atoms with Crippen LogP contribution in [0.25, 0.3) is 11.1 Å². The van der Waals surface area contributed by atoms with Crippen molar-refractivity contribution >= 4 is 15.9 Å². The zero-order valence-electron chi connectivity index (χ0n) is 11.8. The highest BCUT2D eigenvalue weighted by molar-refractivity contribution is 7.88. The second kappa shape index (κ2) is 6.04. The molecule has 2 rings (SSSR count). The first-order chi connectivity index (χ1) is 10.6. The third-order valence-corrected chi connectivity index (χ3v) is 3.92. The van der Waals surface area contributed by atoms with Crippen LogP contribution in [0, 0.1) is 0 Å². The van der Waals surface area contributed by atoms with Crippen molar-refractivity contribution < 1.29 is 30.6 Å². The van der Waals surface area contributed by atoms with Gasteiger partial charge >= 0.3 is 15.6 Å². The SMILES string of the molecule is CC(=O)c1cccc(-c2ccc(OS(=O)(=O)C(F)(F)F)cc2)c1. The second-order valence-corrected chi connectivity index (χ2v) is 6.18. The Labute approximate surface area is 130 Å². The molecule has 0 aliphatic heterocycles. The molecule has 0 saturated carbocycles. The molecule has 0 heterocycles. The van der Waals surface area contributed by atoms with E-state index in [4.69, 9.17) is 0 Å². The van der Waals surface area contributed by atoms with Crippen molar-refractivity contribution in [2.24, 2.45) is 0 Å². The van der Waals surface area contributed by atoms with Gasteiger partial charge < -0.3 is 4.18 Å². The molecule has 0 fully saturated rings. The Morgan fingerprint density at radius 1 is 1.00 bits per heavy atom. The lowest BCUT2D eigenvalue weighted by Crippen LogP contribution is -2.28. The zero-order valence-corrected chi connectivity index (χ0v) is 12.6. The van der Waals surface area contributed by atoms with Crippen molar-refractivity contribution in [2.75, 3.05) is 0 Å². The van der Waals surface area contributed by atoms with E-state index in [2.05, 4.69) is 4.18 Å². The van der Waals surface area contributed by atoms with E-state index in [1.165, 1.54) is 19.1 Å². The Hall–Kier alpha value is -2.35. The lowest BCUT2D eigenvalue weighted by atomic mass is 10.0. The normalized spacial score (nSPS) is 12.0. The Kier molecular flexibility index (Phi) is 4.46. The molecule has 0 aliphatic carbocycles. The summed E-state index contributed by atoms with van der Waals surface area (Å²) in [6.45, 7) is 1.41. The number of hydrogen-bond acceptors (Lipinski definition) is 4. The average Bonchev–Trinajstić information content (AvgIpc) is 2.46. The summed E-state index contributed by atoms with van der Waals surface area (Å²) in [6, 6.07) is 11.7. The predicted molar refractivity (Wildman–Crippen MR) is 77.5 cm³/mol. The van der Waals surface area contributed by atoms with Gasteiger partial charge in [0.25, 0.3) is 0 Å². The largest absolute Gasteiger partial charge is 0.534 e. The fourth-order valence-corrected chi connectivity index (χ4v) is 2.25. The Morgan fingerprint density at radius 3 is 2.13 bits per heavy atom. The van der Waals surface area contributed by atoms with Crippen LogP contribution in [-0.4, -0.2) is 19.7 Å². The van der Waals surface area contributed by atoms with Crippen LogP contribution in [0.15, 0.2) is 48.5 Å². The molecule has 0 unspecified atom stereocenters. The summed E-state index contributed by atoms with van der Waals surface area (Å²) in [5.74, 6) is -0.572. The molecule has 0 atom stereocenters. The molecule has 0 N–H and O–H groups in total. The van der Waals surface area contributed by atoms with E-state index in [1.54, 1.807) is 24.3 Å². The Bertz CT molecular complexity index is 825. The van der Waals surface area contributed by atoms with Crippen LogP contribution in [-0.2, 0) is 10.1 Å². The highest BCUT2D eigenvalue weighted by Gasteiger charge is 2.48. The standard InChI is InChI=1S/C15H11F3O4S/c1-10(19)12-3-2-4-13(9-12)11-5-7-14(8-6-11)22-23(20,21)15(16,17)18/h2-9H,1H3. The smallest absolute Gasteiger partial charge is 0.376 e. The van der Waals surface area contributed by atoms with Crippen LogP contribution in [0.1, 0.15) is 17.3 Å². The monoisotopic (exact) mass is 344 g/mol. The maximum absolute atomic E-state index is 12.2. The molecule has 0 aromatic heterocycles. The summed E-state index contributed by atoms with van der Waals surface area (Å²) in [6.07, 6.45) is 0. The molecule has 0 spiro atoms. The van der Waals surface area contributed by atoms with Gasteiger partial charge in [-0.3, -0.25) is 4.79 Å². The second-order valence-electron chi connectivity index (χ2n) is 4.64. The van der Waals surface area contributed by atoms with Crippen LogP contribution < -0.4 is 4.18 Å². The lowest BCUT2D eigenvalue weighted by molar-refractivity contribution is -0.0500. The molecule has 122 valence electrons. The Morgan fingerprint density at radius 2 is 1.61 bits per heavy atom. The maximum Gasteiger partial charge on any atom is 0.534 e. The molecule has 0 radical (unpaired) electrons.